The molecule has 18 heavy (non-hydrogen) atoms. The maximum Gasteiger partial charge on any atom is 0.237 e. The predicted octanol–water partition coefficient (Wildman–Crippen LogP) is 1.61. The molecule has 0 heterocycles. The highest BCUT2D eigenvalue weighted by Crippen LogP contribution is 2.09. The Morgan fingerprint density at radius 3 is 2.72 bits per heavy atom. The van der Waals surface area contributed by atoms with Crippen molar-refractivity contribution in [2.24, 2.45) is 0 Å². The average Bonchev–Trinajstić information content (AvgIpc) is 2.38. The van der Waals surface area contributed by atoms with Crippen LogP contribution < -0.4 is 10.6 Å². The number of carbonyl (C=O) groups excluding carboxylic acids is 1. The average molecular weight is 265 g/mol. The van der Waals surface area contributed by atoms with Crippen LogP contribution in [0.15, 0.2) is 24.3 Å². The Morgan fingerprint density at radius 1 is 1.44 bits per heavy atom. The molecule has 1 atom stereocenters. The van der Waals surface area contributed by atoms with Crippen molar-refractivity contribution in [3.8, 4) is 12.3 Å². The van der Waals surface area contributed by atoms with E-state index in [1.165, 1.54) is 5.56 Å². The van der Waals surface area contributed by atoms with Gasteiger partial charge in [-0.1, -0.05) is 29.7 Å². The molecular formula is C14H17ClN2O. The summed E-state index contributed by atoms with van der Waals surface area (Å²) in [5.41, 5.74) is 1.18. The third-order valence-electron chi connectivity index (χ3n) is 2.54. The third-order valence-corrected chi connectivity index (χ3v) is 2.79. The van der Waals surface area contributed by atoms with Gasteiger partial charge in [-0.15, -0.1) is 6.42 Å². The molecule has 0 aliphatic carbocycles. The number of hydrogen-bond donors (Lipinski definition) is 2. The van der Waals surface area contributed by atoms with Gasteiger partial charge in [-0.05, 0) is 37.6 Å². The molecule has 0 saturated heterocycles. The van der Waals surface area contributed by atoms with Crippen molar-refractivity contribution in [1.29, 1.82) is 0 Å². The molecule has 96 valence electrons. The predicted molar refractivity (Wildman–Crippen MR) is 74.5 cm³/mol. The van der Waals surface area contributed by atoms with Crippen LogP contribution in [0.2, 0.25) is 5.02 Å². The minimum atomic E-state index is -0.245. The van der Waals surface area contributed by atoms with Crippen molar-refractivity contribution < 1.29 is 4.79 Å². The number of amides is 1. The van der Waals surface area contributed by atoms with Gasteiger partial charge in [0.25, 0.3) is 0 Å². The van der Waals surface area contributed by atoms with Crippen molar-refractivity contribution in [3.05, 3.63) is 34.9 Å². The van der Waals surface area contributed by atoms with E-state index in [1.54, 1.807) is 0 Å². The first-order valence-corrected chi connectivity index (χ1v) is 6.20. The minimum Gasteiger partial charge on any atom is -0.344 e. The molecule has 2 N–H and O–H groups in total. The summed E-state index contributed by atoms with van der Waals surface area (Å²) in [6.45, 7) is 2.81. The maximum absolute atomic E-state index is 11.5. The van der Waals surface area contributed by atoms with E-state index in [0.717, 1.165) is 18.0 Å². The molecule has 3 nitrogen and oxygen atoms in total. The molecule has 4 heteroatoms. The Morgan fingerprint density at radius 2 is 2.11 bits per heavy atom. The number of halogens is 1. The topological polar surface area (TPSA) is 41.1 Å². The summed E-state index contributed by atoms with van der Waals surface area (Å²) in [5.74, 6) is 2.29. The van der Waals surface area contributed by atoms with Gasteiger partial charge in [-0.2, -0.15) is 0 Å². The molecule has 0 spiro atoms. The van der Waals surface area contributed by atoms with Crippen LogP contribution in [0.4, 0.5) is 0 Å². The highest BCUT2D eigenvalue weighted by Gasteiger charge is 2.10. The first-order valence-electron chi connectivity index (χ1n) is 5.82. The van der Waals surface area contributed by atoms with Crippen LogP contribution in [0.25, 0.3) is 0 Å². The molecule has 0 aromatic heterocycles. The van der Waals surface area contributed by atoms with E-state index in [1.807, 2.05) is 31.2 Å². The molecule has 1 rings (SSSR count). The van der Waals surface area contributed by atoms with Crippen LogP contribution in [0.3, 0.4) is 0 Å². The zero-order chi connectivity index (χ0) is 13.4. The Balaban J connectivity index is 2.27. The van der Waals surface area contributed by atoms with Crippen molar-refractivity contribution in [1.82, 2.24) is 10.6 Å². The van der Waals surface area contributed by atoms with Gasteiger partial charge in [0.15, 0.2) is 0 Å². The van der Waals surface area contributed by atoms with Gasteiger partial charge in [-0.3, -0.25) is 4.79 Å². The standard InChI is InChI=1S/C14H17ClN2O/c1-3-9-17-14(18)11(2)16-10-8-12-4-6-13(15)7-5-12/h1,4-7,11,16H,8-10H2,2H3,(H,17,18). The molecule has 0 fully saturated rings. The summed E-state index contributed by atoms with van der Waals surface area (Å²) >= 11 is 5.80. The zero-order valence-electron chi connectivity index (χ0n) is 10.4. The fraction of sp³-hybridized carbons (Fsp3) is 0.357. The van der Waals surface area contributed by atoms with Crippen molar-refractivity contribution in [2.45, 2.75) is 19.4 Å². The van der Waals surface area contributed by atoms with Crippen LogP contribution in [0, 0.1) is 12.3 Å². The molecule has 0 radical (unpaired) electrons. The van der Waals surface area contributed by atoms with E-state index in [9.17, 15) is 4.79 Å². The summed E-state index contributed by atoms with van der Waals surface area (Å²) in [6, 6.07) is 7.44. The first-order chi connectivity index (χ1) is 8.63. The number of terminal acetylenes is 1. The normalized spacial score (nSPS) is 11.6. The Bertz CT molecular complexity index is 422. The number of benzene rings is 1. The fourth-order valence-electron chi connectivity index (χ4n) is 1.47. The molecule has 0 aliphatic heterocycles. The van der Waals surface area contributed by atoms with Crippen LogP contribution in [-0.2, 0) is 11.2 Å². The largest absolute Gasteiger partial charge is 0.344 e. The highest BCUT2D eigenvalue weighted by molar-refractivity contribution is 6.30. The smallest absolute Gasteiger partial charge is 0.237 e. The zero-order valence-corrected chi connectivity index (χ0v) is 11.1. The summed E-state index contributed by atoms with van der Waals surface area (Å²) in [4.78, 5) is 11.5. The Labute approximate surface area is 113 Å². The van der Waals surface area contributed by atoms with Gasteiger partial charge >= 0.3 is 0 Å². The molecule has 0 saturated carbocycles. The fourth-order valence-corrected chi connectivity index (χ4v) is 1.59. The Hall–Kier alpha value is -1.50. The van der Waals surface area contributed by atoms with Crippen LogP contribution >= 0.6 is 11.6 Å². The van der Waals surface area contributed by atoms with E-state index in [4.69, 9.17) is 18.0 Å². The summed E-state index contributed by atoms with van der Waals surface area (Å²) in [5, 5.41) is 6.50. The number of rotatable bonds is 6. The summed E-state index contributed by atoms with van der Waals surface area (Å²) in [7, 11) is 0. The van der Waals surface area contributed by atoms with Crippen LogP contribution in [0.5, 0.6) is 0 Å². The van der Waals surface area contributed by atoms with Crippen molar-refractivity contribution in [2.75, 3.05) is 13.1 Å². The molecule has 0 aliphatic rings. The lowest BCUT2D eigenvalue weighted by Crippen LogP contribution is -2.42. The highest BCUT2D eigenvalue weighted by atomic mass is 35.5. The second-order valence-electron chi connectivity index (χ2n) is 3.97. The van der Waals surface area contributed by atoms with E-state index >= 15 is 0 Å². The monoisotopic (exact) mass is 264 g/mol. The van der Waals surface area contributed by atoms with Gasteiger partial charge in [0.1, 0.15) is 0 Å². The lowest BCUT2D eigenvalue weighted by atomic mass is 10.1. The maximum atomic E-state index is 11.5. The SMILES string of the molecule is C#CCNC(=O)C(C)NCCc1ccc(Cl)cc1. The van der Waals surface area contributed by atoms with Gasteiger partial charge in [0, 0.05) is 5.02 Å². The van der Waals surface area contributed by atoms with E-state index < -0.39 is 0 Å². The van der Waals surface area contributed by atoms with Gasteiger partial charge in [0.05, 0.1) is 12.6 Å². The van der Waals surface area contributed by atoms with Gasteiger partial charge in [0.2, 0.25) is 5.91 Å². The first kappa shape index (κ1) is 14.6. The second-order valence-corrected chi connectivity index (χ2v) is 4.41. The number of hydrogen-bond acceptors (Lipinski definition) is 2. The molecular weight excluding hydrogens is 248 g/mol. The number of carbonyl (C=O) groups is 1. The molecule has 1 unspecified atom stereocenters. The molecule has 1 amide bonds. The lowest BCUT2D eigenvalue weighted by molar-refractivity contribution is -0.122. The number of nitrogens with one attached hydrogen (secondary N) is 2. The quantitative estimate of drug-likeness (QED) is 0.767. The molecule has 1 aromatic carbocycles. The molecule has 1 aromatic rings. The van der Waals surface area contributed by atoms with E-state index in [-0.39, 0.29) is 18.5 Å². The van der Waals surface area contributed by atoms with Crippen LogP contribution in [-0.4, -0.2) is 25.0 Å². The second kappa shape index (κ2) is 7.75. The van der Waals surface area contributed by atoms with Crippen molar-refractivity contribution in [3.63, 3.8) is 0 Å². The Kier molecular flexibility index (Phi) is 6.27. The molecule has 0 bridgehead atoms. The van der Waals surface area contributed by atoms with Crippen molar-refractivity contribution >= 4 is 17.5 Å². The minimum absolute atomic E-state index is 0.0796. The van der Waals surface area contributed by atoms with Crippen LogP contribution in [0.1, 0.15) is 12.5 Å². The van der Waals surface area contributed by atoms with E-state index in [0.29, 0.717) is 0 Å². The summed E-state index contributed by atoms with van der Waals surface area (Å²) in [6.07, 6.45) is 5.92. The van der Waals surface area contributed by atoms with Gasteiger partial charge < -0.3 is 10.6 Å². The van der Waals surface area contributed by atoms with E-state index in [2.05, 4.69) is 16.6 Å². The van der Waals surface area contributed by atoms with Gasteiger partial charge in [-0.25, -0.2) is 0 Å². The lowest BCUT2D eigenvalue weighted by Gasteiger charge is -2.12. The summed E-state index contributed by atoms with van der Waals surface area (Å²) < 4.78 is 0. The third kappa shape index (κ3) is 5.22.